The van der Waals surface area contributed by atoms with Crippen LogP contribution in [-0.4, -0.2) is 27.1 Å². The molecule has 0 aromatic heterocycles. The molecule has 0 heterocycles. The molecule has 0 radical (unpaired) electrons. The Morgan fingerprint density at radius 1 is 1.32 bits per heavy atom. The SMILES string of the molecule is CCC(CN)C(=O)NCc1ccc(S(C)(=O)=O)cc1. The number of nitrogens with two attached hydrogens (primary N) is 1. The predicted octanol–water partition coefficient (Wildman–Crippen LogP) is 0.691. The zero-order valence-corrected chi connectivity index (χ0v) is 12.0. The molecule has 5 nitrogen and oxygen atoms in total. The van der Waals surface area contributed by atoms with Crippen molar-refractivity contribution >= 4 is 15.7 Å². The molecular weight excluding hydrogens is 264 g/mol. The second kappa shape index (κ2) is 6.68. The van der Waals surface area contributed by atoms with Gasteiger partial charge in [0.05, 0.1) is 4.90 Å². The molecule has 0 aliphatic heterocycles. The first-order valence-corrected chi connectivity index (χ1v) is 8.04. The number of hydrogen-bond acceptors (Lipinski definition) is 4. The lowest BCUT2D eigenvalue weighted by atomic mass is 10.1. The van der Waals surface area contributed by atoms with Gasteiger partial charge in [0, 0.05) is 25.3 Å². The summed E-state index contributed by atoms with van der Waals surface area (Å²) in [5.74, 6) is -0.243. The molecule has 1 aromatic carbocycles. The molecule has 0 spiro atoms. The molecule has 6 heteroatoms. The van der Waals surface area contributed by atoms with Crippen LogP contribution in [0.5, 0.6) is 0 Å². The van der Waals surface area contributed by atoms with Gasteiger partial charge >= 0.3 is 0 Å². The summed E-state index contributed by atoms with van der Waals surface area (Å²) < 4.78 is 22.6. The normalized spacial score (nSPS) is 13.0. The maximum Gasteiger partial charge on any atom is 0.224 e. The Bertz CT molecular complexity index is 519. The van der Waals surface area contributed by atoms with E-state index >= 15 is 0 Å². The van der Waals surface area contributed by atoms with Gasteiger partial charge in [-0.25, -0.2) is 8.42 Å². The number of carbonyl (C=O) groups excluding carboxylic acids is 1. The Morgan fingerprint density at radius 2 is 1.89 bits per heavy atom. The van der Waals surface area contributed by atoms with E-state index in [-0.39, 0.29) is 16.7 Å². The minimum atomic E-state index is -3.18. The van der Waals surface area contributed by atoms with E-state index in [1.165, 1.54) is 12.1 Å². The smallest absolute Gasteiger partial charge is 0.224 e. The van der Waals surface area contributed by atoms with Gasteiger partial charge < -0.3 is 11.1 Å². The first kappa shape index (κ1) is 15.7. The van der Waals surface area contributed by atoms with Crippen LogP contribution in [0.4, 0.5) is 0 Å². The topological polar surface area (TPSA) is 89.3 Å². The first-order valence-electron chi connectivity index (χ1n) is 6.15. The highest BCUT2D eigenvalue weighted by atomic mass is 32.2. The largest absolute Gasteiger partial charge is 0.352 e. The van der Waals surface area contributed by atoms with Gasteiger partial charge in [-0.05, 0) is 24.1 Å². The van der Waals surface area contributed by atoms with Crippen molar-refractivity contribution in [3.05, 3.63) is 29.8 Å². The number of hydrogen-bond donors (Lipinski definition) is 2. The molecule has 1 rings (SSSR count). The average Bonchev–Trinajstić information content (AvgIpc) is 2.37. The van der Waals surface area contributed by atoms with Crippen molar-refractivity contribution in [1.82, 2.24) is 5.32 Å². The van der Waals surface area contributed by atoms with E-state index in [0.717, 1.165) is 11.8 Å². The molecule has 1 unspecified atom stereocenters. The van der Waals surface area contributed by atoms with Gasteiger partial charge in [0.2, 0.25) is 5.91 Å². The number of sulfone groups is 1. The van der Waals surface area contributed by atoms with E-state index in [1.54, 1.807) is 12.1 Å². The monoisotopic (exact) mass is 284 g/mol. The van der Waals surface area contributed by atoms with E-state index in [0.29, 0.717) is 19.5 Å². The number of amides is 1. The second-order valence-corrected chi connectivity index (χ2v) is 6.49. The Balaban J connectivity index is 2.62. The summed E-state index contributed by atoms with van der Waals surface area (Å²) in [6.45, 7) is 2.62. The van der Waals surface area contributed by atoms with Crippen molar-refractivity contribution in [1.29, 1.82) is 0 Å². The fourth-order valence-corrected chi connectivity index (χ4v) is 2.28. The summed E-state index contributed by atoms with van der Waals surface area (Å²) in [7, 11) is -3.18. The summed E-state index contributed by atoms with van der Waals surface area (Å²) in [5, 5.41) is 2.79. The zero-order chi connectivity index (χ0) is 14.5. The van der Waals surface area contributed by atoms with Crippen LogP contribution in [0.2, 0.25) is 0 Å². The van der Waals surface area contributed by atoms with E-state index < -0.39 is 9.84 Å². The van der Waals surface area contributed by atoms with E-state index in [4.69, 9.17) is 5.73 Å². The molecule has 0 bridgehead atoms. The standard InChI is InChI=1S/C13H20N2O3S/c1-3-11(8-14)13(16)15-9-10-4-6-12(7-5-10)19(2,17)18/h4-7,11H,3,8-9,14H2,1-2H3,(H,15,16). The molecule has 0 saturated carbocycles. The van der Waals surface area contributed by atoms with E-state index in [1.807, 2.05) is 6.92 Å². The quantitative estimate of drug-likeness (QED) is 0.804. The Kier molecular flexibility index (Phi) is 5.50. The summed E-state index contributed by atoms with van der Waals surface area (Å²) >= 11 is 0. The number of carbonyl (C=O) groups is 1. The molecule has 1 atom stereocenters. The average molecular weight is 284 g/mol. The van der Waals surface area contributed by atoms with Crippen LogP contribution in [0.3, 0.4) is 0 Å². The maximum absolute atomic E-state index is 11.7. The number of nitrogens with one attached hydrogen (secondary N) is 1. The van der Waals surface area contributed by atoms with Gasteiger partial charge in [0.15, 0.2) is 9.84 Å². The van der Waals surface area contributed by atoms with Crippen LogP contribution in [0.25, 0.3) is 0 Å². The third-order valence-corrected chi connectivity index (χ3v) is 4.09. The fourth-order valence-electron chi connectivity index (χ4n) is 1.65. The third kappa shape index (κ3) is 4.65. The lowest BCUT2D eigenvalue weighted by Gasteiger charge is -2.12. The Labute approximate surface area is 114 Å². The molecule has 1 amide bonds. The predicted molar refractivity (Wildman–Crippen MR) is 74.2 cm³/mol. The van der Waals surface area contributed by atoms with Crippen LogP contribution >= 0.6 is 0 Å². The van der Waals surface area contributed by atoms with Crippen LogP contribution in [0.15, 0.2) is 29.2 Å². The van der Waals surface area contributed by atoms with Gasteiger partial charge in [-0.2, -0.15) is 0 Å². The third-order valence-electron chi connectivity index (χ3n) is 2.97. The molecule has 0 aliphatic carbocycles. The van der Waals surface area contributed by atoms with Crippen LogP contribution in [0, 0.1) is 5.92 Å². The molecule has 19 heavy (non-hydrogen) atoms. The molecule has 3 N–H and O–H groups in total. The van der Waals surface area contributed by atoms with Crippen molar-refractivity contribution in [2.45, 2.75) is 24.8 Å². The van der Waals surface area contributed by atoms with Crippen molar-refractivity contribution in [2.75, 3.05) is 12.8 Å². The highest BCUT2D eigenvalue weighted by Crippen LogP contribution is 2.10. The van der Waals surface area contributed by atoms with Gasteiger partial charge in [0.25, 0.3) is 0 Å². The molecule has 0 aliphatic rings. The van der Waals surface area contributed by atoms with Gasteiger partial charge in [-0.15, -0.1) is 0 Å². The summed E-state index contributed by atoms with van der Waals surface area (Å²) in [6.07, 6.45) is 1.87. The first-order chi connectivity index (χ1) is 8.88. The molecule has 0 fully saturated rings. The summed E-state index contributed by atoms with van der Waals surface area (Å²) in [5.41, 5.74) is 6.35. The lowest BCUT2D eigenvalue weighted by Crippen LogP contribution is -2.34. The maximum atomic E-state index is 11.7. The number of benzene rings is 1. The summed E-state index contributed by atoms with van der Waals surface area (Å²) in [4.78, 5) is 12.0. The molecular formula is C13H20N2O3S. The van der Waals surface area contributed by atoms with Crippen LogP contribution in [-0.2, 0) is 21.2 Å². The van der Waals surface area contributed by atoms with Crippen molar-refractivity contribution in [3.8, 4) is 0 Å². The highest BCUT2D eigenvalue weighted by Gasteiger charge is 2.13. The molecule has 106 valence electrons. The summed E-state index contributed by atoms with van der Waals surface area (Å²) in [6, 6.07) is 6.47. The molecule has 1 aromatic rings. The zero-order valence-electron chi connectivity index (χ0n) is 11.2. The highest BCUT2D eigenvalue weighted by molar-refractivity contribution is 7.90. The van der Waals surface area contributed by atoms with Crippen molar-refractivity contribution < 1.29 is 13.2 Å². The van der Waals surface area contributed by atoms with E-state index in [9.17, 15) is 13.2 Å². The van der Waals surface area contributed by atoms with Gasteiger partial charge in [0.1, 0.15) is 0 Å². The number of rotatable bonds is 6. The minimum Gasteiger partial charge on any atom is -0.352 e. The van der Waals surface area contributed by atoms with Gasteiger partial charge in [-0.1, -0.05) is 19.1 Å². The fraction of sp³-hybridized carbons (Fsp3) is 0.462. The Hall–Kier alpha value is -1.40. The lowest BCUT2D eigenvalue weighted by molar-refractivity contribution is -0.124. The van der Waals surface area contributed by atoms with Gasteiger partial charge in [-0.3, -0.25) is 4.79 Å². The van der Waals surface area contributed by atoms with Crippen molar-refractivity contribution in [2.24, 2.45) is 11.7 Å². The van der Waals surface area contributed by atoms with Crippen LogP contribution in [0.1, 0.15) is 18.9 Å². The second-order valence-electron chi connectivity index (χ2n) is 4.47. The van der Waals surface area contributed by atoms with Crippen molar-refractivity contribution in [3.63, 3.8) is 0 Å². The molecule has 0 saturated heterocycles. The van der Waals surface area contributed by atoms with E-state index in [2.05, 4.69) is 5.32 Å². The Morgan fingerprint density at radius 3 is 2.32 bits per heavy atom. The minimum absolute atomic E-state index is 0.0720. The van der Waals surface area contributed by atoms with Crippen LogP contribution < -0.4 is 11.1 Å².